The van der Waals surface area contributed by atoms with Crippen LogP contribution in [0.5, 0.6) is 0 Å². The van der Waals surface area contributed by atoms with Crippen LogP contribution < -0.4 is 4.90 Å². The molecule has 0 bridgehead atoms. The lowest BCUT2D eigenvalue weighted by Crippen LogP contribution is -2.10. The number of hydrogen-bond acceptors (Lipinski definition) is 1. The predicted octanol–water partition coefficient (Wildman–Crippen LogP) is 18.0. The van der Waals surface area contributed by atoms with Crippen molar-refractivity contribution >= 4 is 60.7 Å². The van der Waals surface area contributed by atoms with Gasteiger partial charge in [0.25, 0.3) is 0 Å². The van der Waals surface area contributed by atoms with Gasteiger partial charge in [0.2, 0.25) is 0 Å². The molecule has 0 fully saturated rings. The van der Waals surface area contributed by atoms with E-state index in [9.17, 15) is 0 Å². The van der Waals surface area contributed by atoms with Crippen LogP contribution in [-0.4, -0.2) is 9.13 Å². The Morgan fingerprint density at radius 2 is 0.536 bits per heavy atom. The molecule has 324 valence electrons. The van der Waals surface area contributed by atoms with E-state index < -0.39 is 0 Å². The van der Waals surface area contributed by atoms with E-state index in [0.29, 0.717) is 0 Å². The van der Waals surface area contributed by atoms with Crippen LogP contribution in [0.25, 0.3) is 99.5 Å². The lowest BCUT2D eigenvalue weighted by molar-refractivity contribution is 1.18. The van der Waals surface area contributed by atoms with Crippen LogP contribution >= 0.6 is 0 Å². The first-order chi connectivity index (χ1) is 34.2. The van der Waals surface area contributed by atoms with E-state index in [1.54, 1.807) is 0 Å². The first kappa shape index (κ1) is 40.1. The normalized spacial score (nSPS) is 11.5. The number of anilines is 3. The topological polar surface area (TPSA) is 13.1 Å². The van der Waals surface area contributed by atoms with Crippen molar-refractivity contribution in [1.82, 2.24) is 9.13 Å². The van der Waals surface area contributed by atoms with Crippen molar-refractivity contribution in [3.63, 3.8) is 0 Å². The Kier molecular flexibility index (Phi) is 9.84. The van der Waals surface area contributed by atoms with Crippen LogP contribution in [0.2, 0.25) is 0 Å². The molecule has 11 aromatic carbocycles. The van der Waals surface area contributed by atoms with Gasteiger partial charge in [-0.05, 0) is 148 Å². The third-order valence-corrected chi connectivity index (χ3v) is 13.7. The molecular weight excluding hydrogens is 835 g/mol. The summed E-state index contributed by atoms with van der Waals surface area (Å²) in [6, 6.07) is 99.1. The van der Waals surface area contributed by atoms with Crippen LogP contribution in [0.4, 0.5) is 17.1 Å². The van der Waals surface area contributed by atoms with Crippen LogP contribution in [-0.2, 0) is 0 Å². The Labute approximate surface area is 401 Å². The van der Waals surface area contributed by atoms with Crippen LogP contribution in [0.15, 0.2) is 273 Å². The highest BCUT2D eigenvalue weighted by Crippen LogP contribution is 2.42. The lowest BCUT2D eigenvalue weighted by Gasteiger charge is -2.26. The van der Waals surface area contributed by atoms with Crippen molar-refractivity contribution in [3.8, 4) is 55.9 Å². The maximum Gasteiger partial charge on any atom is 0.0541 e. The van der Waals surface area contributed by atoms with Crippen molar-refractivity contribution in [2.45, 2.75) is 0 Å². The highest BCUT2D eigenvalue weighted by molar-refractivity contribution is 6.13. The molecule has 3 heteroatoms. The molecule has 0 atom stereocenters. The molecule has 0 radical (unpaired) electrons. The predicted molar refractivity (Wildman–Crippen MR) is 292 cm³/mol. The molecule has 0 saturated carbocycles. The van der Waals surface area contributed by atoms with E-state index in [-0.39, 0.29) is 0 Å². The minimum atomic E-state index is 1.09. The van der Waals surface area contributed by atoms with Crippen LogP contribution in [0, 0.1) is 0 Å². The van der Waals surface area contributed by atoms with E-state index in [2.05, 4.69) is 287 Å². The third-order valence-electron chi connectivity index (χ3n) is 13.7. The van der Waals surface area contributed by atoms with E-state index in [1.165, 1.54) is 77.0 Å². The molecule has 2 heterocycles. The Morgan fingerprint density at radius 3 is 1.00 bits per heavy atom. The quantitative estimate of drug-likeness (QED) is 0.141. The van der Waals surface area contributed by atoms with Crippen molar-refractivity contribution in [2.75, 3.05) is 4.90 Å². The molecule has 0 saturated heterocycles. The largest absolute Gasteiger partial charge is 0.310 e. The second kappa shape index (κ2) is 16.9. The Hall–Kier alpha value is -9.18. The van der Waals surface area contributed by atoms with Crippen molar-refractivity contribution in [1.29, 1.82) is 0 Å². The van der Waals surface area contributed by atoms with Crippen LogP contribution in [0.3, 0.4) is 0 Å². The van der Waals surface area contributed by atoms with Crippen molar-refractivity contribution in [2.24, 2.45) is 0 Å². The van der Waals surface area contributed by atoms with E-state index >= 15 is 0 Å². The Morgan fingerprint density at radius 1 is 0.203 bits per heavy atom. The summed E-state index contributed by atoms with van der Waals surface area (Å²) < 4.78 is 4.79. The Balaban J connectivity index is 0.936. The maximum atomic E-state index is 2.41. The van der Waals surface area contributed by atoms with Gasteiger partial charge in [-0.2, -0.15) is 0 Å². The van der Waals surface area contributed by atoms with E-state index in [4.69, 9.17) is 0 Å². The van der Waals surface area contributed by atoms with Gasteiger partial charge in [-0.3, -0.25) is 0 Å². The summed E-state index contributed by atoms with van der Waals surface area (Å²) in [7, 11) is 0. The number of nitrogens with zero attached hydrogens (tertiary/aromatic N) is 3. The zero-order valence-corrected chi connectivity index (χ0v) is 37.8. The molecule has 0 amide bonds. The Bertz CT molecular complexity index is 3880. The SMILES string of the molecule is c1ccc(-c2ccc(N(c3ccc(-c4ccccc4)cc3)c3cccc(-c4ccc5c(c4)c4cc(-c6ccc7c(c6)c6ccccc6n7-c6ccccc6)ccc4n5-c4ccccc4)c3)cc2)cc1. The fraction of sp³-hybridized carbons (Fsp3) is 0. The summed E-state index contributed by atoms with van der Waals surface area (Å²) >= 11 is 0. The number of hydrogen-bond donors (Lipinski definition) is 0. The summed E-state index contributed by atoms with van der Waals surface area (Å²) in [6.07, 6.45) is 0. The summed E-state index contributed by atoms with van der Waals surface area (Å²) in [4.78, 5) is 2.37. The van der Waals surface area contributed by atoms with Gasteiger partial charge < -0.3 is 14.0 Å². The summed E-state index contributed by atoms with van der Waals surface area (Å²) in [6.45, 7) is 0. The maximum absolute atomic E-state index is 2.41. The molecule has 0 aliphatic heterocycles. The minimum Gasteiger partial charge on any atom is -0.310 e. The van der Waals surface area contributed by atoms with Crippen molar-refractivity contribution < 1.29 is 0 Å². The molecule has 13 aromatic rings. The van der Waals surface area contributed by atoms with Crippen molar-refractivity contribution in [3.05, 3.63) is 273 Å². The van der Waals surface area contributed by atoms with Crippen LogP contribution in [0.1, 0.15) is 0 Å². The summed E-state index contributed by atoms with van der Waals surface area (Å²) in [5, 5.41) is 4.92. The van der Waals surface area contributed by atoms with Gasteiger partial charge in [0.15, 0.2) is 0 Å². The molecule has 13 rings (SSSR count). The van der Waals surface area contributed by atoms with Gasteiger partial charge in [0.1, 0.15) is 0 Å². The molecule has 2 aromatic heterocycles. The van der Waals surface area contributed by atoms with Gasteiger partial charge in [-0.15, -0.1) is 0 Å². The fourth-order valence-electron chi connectivity index (χ4n) is 10.4. The first-order valence-electron chi connectivity index (χ1n) is 23.7. The molecule has 3 nitrogen and oxygen atoms in total. The molecule has 0 aliphatic carbocycles. The number of benzene rings is 11. The molecule has 0 aliphatic rings. The second-order valence-corrected chi connectivity index (χ2v) is 17.8. The second-order valence-electron chi connectivity index (χ2n) is 17.8. The first-order valence-corrected chi connectivity index (χ1v) is 23.7. The monoisotopic (exact) mass is 879 g/mol. The van der Waals surface area contributed by atoms with Gasteiger partial charge >= 0.3 is 0 Å². The third kappa shape index (κ3) is 7.16. The average Bonchev–Trinajstić information content (AvgIpc) is 3.94. The average molecular weight is 880 g/mol. The molecule has 69 heavy (non-hydrogen) atoms. The fourth-order valence-corrected chi connectivity index (χ4v) is 10.4. The van der Waals surface area contributed by atoms with E-state index in [1.807, 2.05) is 0 Å². The molecule has 0 unspecified atom stereocenters. The highest BCUT2D eigenvalue weighted by atomic mass is 15.1. The standard InChI is InChI=1S/C66H45N3/c1-5-16-46(17-6-1)48-28-35-56(36-29-48)67(57-37-30-49(31-38-57)47-18-7-2-8-19-47)58-25-15-20-50(42-58)51-32-40-65-61(44-51)62-45-53(34-41-66(62)69(65)55-23-11-4-12-24-55)52-33-39-64-60(43-52)59-26-13-14-27-63(59)68(64)54-21-9-3-10-22-54/h1-45H. The zero-order chi connectivity index (χ0) is 45.7. The summed E-state index contributed by atoms with van der Waals surface area (Å²) in [5.74, 6) is 0. The smallest absolute Gasteiger partial charge is 0.0541 e. The zero-order valence-electron chi connectivity index (χ0n) is 37.8. The van der Waals surface area contributed by atoms with Gasteiger partial charge in [-0.25, -0.2) is 0 Å². The number of rotatable bonds is 9. The number of fused-ring (bicyclic) bond motifs is 6. The number of aromatic nitrogens is 2. The molecule has 0 N–H and O–H groups in total. The summed E-state index contributed by atoms with van der Waals surface area (Å²) in [5.41, 5.74) is 19.8. The molecule has 0 spiro atoms. The number of para-hydroxylation sites is 3. The van der Waals surface area contributed by atoms with Gasteiger partial charge in [0, 0.05) is 50.0 Å². The van der Waals surface area contributed by atoms with Gasteiger partial charge in [0.05, 0.1) is 22.1 Å². The highest BCUT2D eigenvalue weighted by Gasteiger charge is 2.19. The lowest BCUT2D eigenvalue weighted by atomic mass is 9.99. The molecular formula is C66H45N3. The van der Waals surface area contributed by atoms with Gasteiger partial charge in [-0.1, -0.05) is 170 Å². The van der Waals surface area contributed by atoms with E-state index in [0.717, 1.165) is 39.6 Å². The minimum absolute atomic E-state index is 1.09.